The van der Waals surface area contributed by atoms with Crippen molar-refractivity contribution in [3.8, 4) is 0 Å². The van der Waals surface area contributed by atoms with Gasteiger partial charge in [-0.15, -0.1) is 0 Å². The van der Waals surface area contributed by atoms with E-state index in [-0.39, 0.29) is 4.90 Å². The second-order valence-corrected chi connectivity index (χ2v) is 6.16. The van der Waals surface area contributed by atoms with E-state index in [9.17, 15) is 8.42 Å². The highest BCUT2D eigenvalue weighted by molar-refractivity contribution is 7.89. The molecule has 5 nitrogen and oxygen atoms in total. The van der Waals surface area contributed by atoms with Crippen LogP contribution in [0.1, 0.15) is 24.8 Å². The number of benzene rings is 1. The van der Waals surface area contributed by atoms with Crippen LogP contribution in [0.25, 0.3) is 0 Å². The van der Waals surface area contributed by atoms with Crippen molar-refractivity contribution in [3.05, 3.63) is 23.8 Å². The molecule has 0 saturated heterocycles. The van der Waals surface area contributed by atoms with Gasteiger partial charge in [-0.25, -0.2) is 13.1 Å². The summed E-state index contributed by atoms with van der Waals surface area (Å²) in [7, 11) is -1.81. The van der Waals surface area contributed by atoms with Gasteiger partial charge in [0.05, 0.1) is 4.90 Å². The molecule has 0 spiro atoms. The Morgan fingerprint density at radius 2 is 2.00 bits per heavy atom. The fraction of sp³-hybridized carbons (Fsp3) is 0.538. The first-order chi connectivity index (χ1) is 8.99. The van der Waals surface area contributed by atoms with Crippen LogP contribution in [0.15, 0.2) is 23.1 Å². The molecule has 0 heterocycles. The first kappa shape index (κ1) is 15.9. The molecule has 0 aliphatic heterocycles. The van der Waals surface area contributed by atoms with Gasteiger partial charge in [-0.1, -0.05) is 6.07 Å². The number of ether oxygens (including phenoxy) is 1. The lowest BCUT2D eigenvalue weighted by Crippen LogP contribution is -2.25. The lowest BCUT2D eigenvalue weighted by atomic mass is 10.2. The maximum atomic E-state index is 12.1. The molecule has 0 unspecified atom stereocenters. The highest BCUT2D eigenvalue weighted by Crippen LogP contribution is 2.20. The summed E-state index contributed by atoms with van der Waals surface area (Å²) in [5.41, 5.74) is 6.80. The topological polar surface area (TPSA) is 81.4 Å². The average Bonchev–Trinajstić information content (AvgIpc) is 2.36. The summed E-state index contributed by atoms with van der Waals surface area (Å²) in [4.78, 5) is 0.254. The Labute approximate surface area is 115 Å². The molecule has 1 aromatic carbocycles. The second kappa shape index (κ2) is 7.47. The molecule has 0 atom stereocenters. The van der Waals surface area contributed by atoms with Crippen LogP contribution in [0, 0.1) is 6.92 Å². The lowest BCUT2D eigenvalue weighted by molar-refractivity contribution is 0.192. The van der Waals surface area contributed by atoms with Gasteiger partial charge in [-0.3, -0.25) is 0 Å². The first-order valence-electron chi connectivity index (χ1n) is 6.32. The number of sulfonamides is 1. The molecule has 0 aromatic heterocycles. The third-order valence-electron chi connectivity index (χ3n) is 2.93. The van der Waals surface area contributed by atoms with Crippen molar-refractivity contribution in [1.82, 2.24) is 4.72 Å². The molecule has 0 aliphatic rings. The predicted octanol–water partition coefficient (Wildman–Crippen LogP) is 1.67. The van der Waals surface area contributed by atoms with E-state index in [1.54, 1.807) is 32.2 Å². The summed E-state index contributed by atoms with van der Waals surface area (Å²) >= 11 is 0. The fourth-order valence-corrected chi connectivity index (χ4v) is 3.10. The quantitative estimate of drug-likeness (QED) is 0.562. The van der Waals surface area contributed by atoms with Gasteiger partial charge in [-0.05, 0) is 43.9 Å². The van der Waals surface area contributed by atoms with E-state index in [1.807, 2.05) is 0 Å². The van der Waals surface area contributed by atoms with Crippen molar-refractivity contribution in [2.45, 2.75) is 31.1 Å². The molecule has 19 heavy (non-hydrogen) atoms. The van der Waals surface area contributed by atoms with E-state index in [4.69, 9.17) is 10.5 Å². The third-order valence-corrected chi connectivity index (χ3v) is 4.54. The smallest absolute Gasteiger partial charge is 0.240 e. The standard InChI is InChI=1S/C13H22N2O3S/c1-11-12(14)7-6-8-13(11)19(16,17)15-9-4-3-5-10-18-2/h6-8,15H,3-5,9-10,14H2,1-2H3. The summed E-state index contributed by atoms with van der Waals surface area (Å²) in [6, 6.07) is 4.91. The zero-order valence-electron chi connectivity index (χ0n) is 11.5. The van der Waals surface area contributed by atoms with E-state index >= 15 is 0 Å². The Morgan fingerprint density at radius 1 is 1.26 bits per heavy atom. The first-order valence-corrected chi connectivity index (χ1v) is 7.81. The van der Waals surface area contributed by atoms with E-state index in [0.29, 0.717) is 24.4 Å². The molecule has 3 N–H and O–H groups in total. The van der Waals surface area contributed by atoms with Gasteiger partial charge in [-0.2, -0.15) is 0 Å². The molecule has 6 heteroatoms. The van der Waals surface area contributed by atoms with Crippen LogP contribution in [-0.2, 0) is 14.8 Å². The van der Waals surface area contributed by atoms with Gasteiger partial charge >= 0.3 is 0 Å². The number of hydrogen-bond donors (Lipinski definition) is 2. The summed E-state index contributed by atoms with van der Waals surface area (Å²) in [5, 5.41) is 0. The van der Waals surface area contributed by atoms with Crippen molar-refractivity contribution in [2.75, 3.05) is 26.0 Å². The van der Waals surface area contributed by atoms with Gasteiger partial charge in [0.15, 0.2) is 0 Å². The molecule has 1 aromatic rings. The van der Waals surface area contributed by atoms with Crippen molar-refractivity contribution in [2.24, 2.45) is 0 Å². The van der Waals surface area contributed by atoms with Crippen molar-refractivity contribution in [3.63, 3.8) is 0 Å². The van der Waals surface area contributed by atoms with Crippen molar-refractivity contribution >= 4 is 15.7 Å². The number of rotatable bonds is 8. The van der Waals surface area contributed by atoms with Crippen LogP contribution >= 0.6 is 0 Å². The SMILES string of the molecule is COCCCCCNS(=O)(=O)c1cccc(N)c1C. The second-order valence-electron chi connectivity index (χ2n) is 4.42. The number of anilines is 1. The zero-order chi connectivity index (χ0) is 14.3. The molecule has 0 saturated carbocycles. The van der Waals surface area contributed by atoms with E-state index in [2.05, 4.69) is 4.72 Å². The number of hydrogen-bond acceptors (Lipinski definition) is 4. The van der Waals surface area contributed by atoms with Crippen LogP contribution in [-0.4, -0.2) is 28.7 Å². The number of unbranched alkanes of at least 4 members (excludes halogenated alkanes) is 2. The molecule has 0 fully saturated rings. The zero-order valence-corrected chi connectivity index (χ0v) is 12.3. The Hall–Kier alpha value is -1.11. The molecule has 0 bridgehead atoms. The van der Waals surface area contributed by atoms with Crippen molar-refractivity contribution in [1.29, 1.82) is 0 Å². The van der Waals surface area contributed by atoms with Crippen LogP contribution < -0.4 is 10.5 Å². The number of nitrogens with one attached hydrogen (secondary N) is 1. The fourth-order valence-electron chi connectivity index (χ4n) is 1.76. The normalized spacial score (nSPS) is 11.7. The maximum absolute atomic E-state index is 12.1. The highest BCUT2D eigenvalue weighted by Gasteiger charge is 2.16. The highest BCUT2D eigenvalue weighted by atomic mass is 32.2. The minimum Gasteiger partial charge on any atom is -0.398 e. The molecule has 0 amide bonds. The summed E-state index contributed by atoms with van der Waals surface area (Å²) in [5.74, 6) is 0. The monoisotopic (exact) mass is 286 g/mol. The molecule has 1 rings (SSSR count). The summed E-state index contributed by atoms with van der Waals surface area (Å²) in [6.07, 6.45) is 2.67. The summed E-state index contributed by atoms with van der Waals surface area (Å²) < 4.78 is 31.7. The Bertz CT molecular complexity index is 501. The van der Waals surface area contributed by atoms with Crippen LogP contribution in [0.5, 0.6) is 0 Å². The van der Waals surface area contributed by atoms with E-state index < -0.39 is 10.0 Å². The summed E-state index contributed by atoms with van der Waals surface area (Å²) in [6.45, 7) is 2.85. The molecular formula is C13H22N2O3S. The van der Waals surface area contributed by atoms with Gasteiger partial charge in [0.2, 0.25) is 10.0 Å². The minimum absolute atomic E-state index is 0.254. The van der Waals surface area contributed by atoms with Gasteiger partial charge in [0, 0.05) is 25.9 Å². The minimum atomic E-state index is -3.47. The molecule has 0 aliphatic carbocycles. The Kier molecular flexibility index (Phi) is 6.27. The van der Waals surface area contributed by atoms with Crippen LogP contribution in [0.3, 0.4) is 0 Å². The Balaban J connectivity index is 2.54. The number of nitrogen functional groups attached to an aromatic ring is 1. The Morgan fingerprint density at radius 3 is 2.68 bits per heavy atom. The van der Waals surface area contributed by atoms with Crippen LogP contribution in [0.4, 0.5) is 5.69 Å². The molecular weight excluding hydrogens is 264 g/mol. The van der Waals surface area contributed by atoms with E-state index in [1.165, 1.54) is 0 Å². The average molecular weight is 286 g/mol. The molecule has 108 valence electrons. The van der Waals surface area contributed by atoms with Crippen LogP contribution in [0.2, 0.25) is 0 Å². The number of methoxy groups -OCH3 is 1. The van der Waals surface area contributed by atoms with E-state index in [0.717, 1.165) is 19.3 Å². The third kappa shape index (κ3) is 4.81. The maximum Gasteiger partial charge on any atom is 0.240 e. The lowest BCUT2D eigenvalue weighted by Gasteiger charge is -2.10. The predicted molar refractivity (Wildman–Crippen MR) is 76.5 cm³/mol. The number of nitrogens with two attached hydrogens (primary N) is 1. The van der Waals surface area contributed by atoms with Gasteiger partial charge < -0.3 is 10.5 Å². The van der Waals surface area contributed by atoms with Crippen molar-refractivity contribution < 1.29 is 13.2 Å². The van der Waals surface area contributed by atoms with Gasteiger partial charge in [0.25, 0.3) is 0 Å². The van der Waals surface area contributed by atoms with Gasteiger partial charge in [0.1, 0.15) is 0 Å². The largest absolute Gasteiger partial charge is 0.398 e. The molecule has 0 radical (unpaired) electrons.